The van der Waals surface area contributed by atoms with Crippen LogP contribution in [0.1, 0.15) is 22.2 Å². The second-order valence-electron chi connectivity index (χ2n) is 4.04. The van der Waals surface area contributed by atoms with E-state index >= 15 is 0 Å². The number of furan rings is 1. The highest BCUT2D eigenvalue weighted by atomic mass is 35.5. The highest BCUT2D eigenvalue weighted by molar-refractivity contribution is 6.29. The molecule has 2 aromatic rings. The molecule has 0 aliphatic carbocycles. The molecule has 0 aromatic carbocycles. The predicted molar refractivity (Wildman–Crippen MR) is 74.8 cm³/mol. The molecular formula is C13H14ClN3O3. The Kier molecular flexibility index (Phi) is 4.60. The van der Waals surface area contributed by atoms with Crippen molar-refractivity contribution in [3.05, 3.63) is 47.0 Å². The Balaban J connectivity index is 2.17. The molecule has 0 spiro atoms. The van der Waals surface area contributed by atoms with Crippen molar-refractivity contribution < 1.29 is 14.3 Å². The lowest BCUT2D eigenvalue weighted by atomic mass is 10.2. The van der Waals surface area contributed by atoms with Gasteiger partial charge in [-0.2, -0.15) is 0 Å². The van der Waals surface area contributed by atoms with Crippen LogP contribution in [0, 0.1) is 0 Å². The van der Waals surface area contributed by atoms with Gasteiger partial charge in [0.15, 0.2) is 0 Å². The second kappa shape index (κ2) is 6.40. The number of amides is 1. The van der Waals surface area contributed by atoms with Gasteiger partial charge in [-0.25, -0.2) is 4.98 Å². The van der Waals surface area contributed by atoms with Crippen LogP contribution in [0.4, 0.5) is 5.82 Å². The molecule has 0 fully saturated rings. The maximum Gasteiger partial charge on any atom is 0.252 e. The minimum atomic E-state index is -0.609. The van der Waals surface area contributed by atoms with Crippen molar-refractivity contribution >= 4 is 23.3 Å². The van der Waals surface area contributed by atoms with Crippen molar-refractivity contribution in [2.45, 2.75) is 6.04 Å². The third-order valence-electron chi connectivity index (χ3n) is 2.69. The number of nitrogens with one attached hydrogen (secondary N) is 2. The van der Waals surface area contributed by atoms with Crippen LogP contribution in [0.15, 0.2) is 34.9 Å². The largest absolute Gasteiger partial charge is 0.467 e. The molecule has 6 nitrogen and oxygen atoms in total. The first kappa shape index (κ1) is 14.4. The minimum Gasteiger partial charge on any atom is -0.467 e. The highest BCUT2D eigenvalue weighted by Crippen LogP contribution is 2.17. The van der Waals surface area contributed by atoms with Gasteiger partial charge < -0.3 is 20.2 Å². The number of carbonyl (C=O) groups is 1. The fourth-order valence-corrected chi connectivity index (χ4v) is 1.90. The molecule has 3 N–H and O–H groups in total. The SMILES string of the molecule is CNc1cc(C(=O)NC(CO)c2ccco2)cc(Cl)n1. The zero-order valence-corrected chi connectivity index (χ0v) is 11.5. The number of hydrogen-bond donors (Lipinski definition) is 3. The number of hydrogen-bond acceptors (Lipinski definition) is 5. The topological polar surface area (TPSA) is 87.4 Å². The summed E-state index contributed by atoms with van der Waals surface area (Å²) in [6, 6.07) is 5.78. The monoisotopic (exact) mass is 295 g/mol. The minimum absolute atomic E-state index is 0.209. The summed E-state index contributed by atoms with van der Waals surface area (Å²) >= 11 is 5.84. The number of pyridine rings is 1. The quantitative estimate of drug-likeness (QED) is 0.733. The Morgan fingerprint density at radius 2 is 2.35 bits per heavy atom. The van der Waals surface area contributed by atoms with E-state index in [-0.39, 0.29) is 17.7 Å². The van der Waals surface area contributed by atoms with E-state index in [4.69, 9.17) is 16.0 Å². The van der Waals surface area contributed by atoms with Crippen LogP contribution in [0.2, 0.25) is 5.15 Å². The Hall–Kier alpha value is -2.05. The average Bonchev–Trinajstić information content (AvgIpc) is 2.97. The number of aliphatic hydroxyl groups is 1. The van der Waals surface area contributed by atoms with E-state index in [1.165, 1.54) is 12.3 Å². The zero-order chi connectivity index (χ0) is 14.5. The lowest BCUT2D eigenvalue weighted by Gasteiger charge is -2.14. The van der Waals surface area contributed by atoms with Gasteiger partial charge >= 0.3 is 0 Å². The summed E-state index contributed by atoms with van der Waals surface area (Å²) in [4.78, 5) is 16.1. The van der Waals surface area contributed by atoms with Crippen LogP contribution in [-0.2, 0) is 0 Å². The van der Waals surface area contributed by atoms with Gasteiger partial charge in [-0.3, -0.25) is 4.79 Å². The smallest absolute Gasteiger partial charge is 0.252 e. The summed E-state index contributed by atoms with van der Waals surface area (Å²) < 4.78 is 5.17. The standard InChI is InChI=1S/C13H14ClN3O3/c1-15-12-6-8(5-11(14)17-12)13(19)16-9(7-18)10-3-2-4-20-10/h2-6,9,18H,7H2,1H3,(H,15,17)(H,16,19). The third-order valence-corrected chi connectivity index (χ3v) is 2.88. The maximum absolute atomic E-state index is 12.2. The molecule has 0 bridgehead atoms. The highest BCUT2D eigenvalue weighted by Gasteiger charge is 2.18. The first-order valence-electron chi connectivity index (χ1n) is 5.94. The number of halogens is 1. The van der Waals surface area contributed by atoms with Crippen molar-refractivity contribution in [2.24, 2.45) is 0 Å². The number of aromatic nitrogens is 1. The number of nitrogens with zero attached hydrogens (tertiary/aromatic N) is 1. The first-order valence-corrected chi connectivity index (χ1v) is 6.32. The molecule has 0 radical (unpaired) electrons. The lowest BCUT2D eigenvalue weighted by Crippen LogP contribution is -2.30. The summed E-state index contributed by atoms with van der Waals surface area (Å²) in [6.45, 7) is -0.267. The predicted octanol–water partition coefficient (Wildman–Crippen LogP) is 1.83. The number of anilines is 1. The molecule has 2 aromatic heterocycles. The van der Waals surface area contributed by atoms with E-state index in [0.717, 1.165) is 0 Å². The number of carbonyl (C=O) groups excluding carboxylic acids is 1. The van der Waals surface area contributed by atoms with E-state index in [1.54, 1.807) is 25.2 Å². The molecule has 1 amide bonds. The number of rotatable bonds is 5. The van der Waals surface area contributed by atoms with Gasteiger partial charge in [-0.15, -0.1) is 0 Å². The van der Waals surface area contributed by atoms with Crippen LogP contribution in [-0.4, -0.2) is 29.7 Å². The summed E-state index contributed by atoms with van der Waals surface area (Å²) in [7, 11) is 1.68. The summed E-state index contributed by atoms with van der Waals surface area (Å²) in [5.41, 5.74) is 0.347. The van der Waals surface area contributed by atoms with Crippen LogP contribution in [0.5, 0.6) is 0 Å². The van der Waals surface area contributed by atoms with Gasteiger partial charge in [-0.05, 0) is 24.3 Å². The number of aliphatic hydroxyl groups excluding tert-OH is 1. The van der Waals surface area contributed by atoms with Crippen molar-refractivity contribution in [1.29, 1.82) is 0 Å². The van der Waals surface area contributed by atoms with Crippen molar-refractivity contribution in [3.8, 4) is 0 Å². The fraction of sp³-hybridized carbons (Fsp3) is 0.231. The van der Waals surface area contributed by atoms with Gasteiger partial charge in [0.1, 0.15) is 22.8 Å². The first-order chi connectivity index (χ1) is 9.63. The van der Waals surface area contributed by atoms with E-state index < -0.39 is 6.04 Å². The van der Waals surface area contributed by atoms with Crippen molar-refractivity contribution in [1.82, 2.24) is 10.3 Å². The van der Waals surface area contributed by atoms with Gasteiger partial charge in [0.05, 0.1) is 12.9 Å². The molecular weight excluding hydrogens is 282 g/mol. The van der Waals surface area contributed by atoms with Crippen molar-refractivity contribution in [3.63, 3.8) is 0 Å². The molecule has 1 atom stereocenters. The summed E-state index contributed by atoms with van der Waals surface area (Å²) in [6.07, 6.45) is 1.48. The van der Waals surface area contributed by atoms with Gasteiger partial charge in [0.2, 0.25) is 0 Å². The molecule has 2 rings (SSSR count). The molecule has 2 heterocycles. The maximum atomic E-state index is 12.2. The molecule has 20 heavy (non-hydrogen) atoms. The molecule has 106 valence electrons. The van der Waals surface area contributed by atoms with Crippen molar-refractivity contribution in [2.75, 3.05) is 19.0 Å². The van der Waals surface area contributed by atoms with Crippen LogP contribution in [0.25, 0.3) is 0 Å². The van der Waals surface area contributed by atoms with Crippen LogP contribution in [0.3, 0.4) is 0 Å². The third kappa shape index (κ3) is 3.28. The average molecular weight is 296 g/mol. The molecule has 7 heteroatoms. The molecule has 0 aliphatic rings. The second-order valence-corrected chi connectivity index (χ2v) is 4.43. The normalized spacial score (nSPS) is 11.9. The Labute approximate surface area is 120 Å². The van der Waals surface area contributed by atoms with E-state index in [0.29, 0.717) is 17.1 Å². The Morgan fingerprint density at radius 3 is 2.95 bits per heavy atom. The molecule has 1 unspecified atom stereocenters. The van der Waals surface area contributed by atoms with Gasteiger partial charge in [0.25, 0.3) is 5.91 Å². The summed E-state index contributed by atoms with van der Waals surface area (Å²) in [5, 5.41) is 15.0. The van der Waals surface area contributed by atoms with Crippen LogP contribution < -0.4 is 10.6 Å². The fourth-order valence-electron chi connectivity index (χ4n) is 1.69. The molecule has 0 saturated carbocycles. The summed E-state index contributed by atoms with van der Waals surface area (Å²) in [5.74, 6) is 0.595. The van der Waals surface area contributed by atoms with E-state index in [1.807, 2.05) is 0 Å². The lowest BCUT2D eigenvalue weighted by molar-refractivity contribution is 0.0907. The molecule has 0 saturated heterocycles. The zero-order valence-electron chi connectivity index (χ0n) is 10.8. The van der Waals surface area contributed by atoms with Crippen LogP contribution >= 0.6 is 11.6 Å². The van der Waals surface area contributed by atoms with Gasteiger partial charge in [-0.1, -0.05) is 11.6 Å². The molecule has 0 aliphatic heterocycles. The van der Waals surface area contributed by atoms with Gasteiger partial charge in [0, 0.05) is 12.6 Å². The Bertz CT molecular complexity index is 587. The van der Waals surface area contributed by atoms with E-state index in [9.17, 15) is 9.90 Å². The van der Waals surface area contributed by atoms with E-state index in [2.05, 4.69) is 15.6 Å². The Morgan fingerprint density at radius 1 is 1.55 bits per heavy atom.